The van der Waals surface area contributed by atoms with Gasteiger partial charge in [-0.05, 0) is 36.1 Å². The van der Waals surface area contributed by atoms with Gasteiger partial charge in [0, 0.05) is 44.3 Å². The van der Waals surface area contributed by atoms with Crippen molar-refractivity contribution in [1.29, 1.82) is 0 Å². The molecule has 0 spiro atoms. The molecule has 2 aliphatic heterocycles. The molecule has 4 nitrogen and oxygen atoms in total. The van der Waals surface area contributed by atoms with Crippen LogP contribution in [0, 0.1) is 0 Å². The van der Waals surface area contributed by atoms with Crippen molar-refractivity contribution in [2.45, 2.75) is 38.1 Å². The predicted octanol–water partition coefficient (Wildman–Crippen LogP) is 3.74. The summed E-state index contributed by atoms with van der Waals surface area (Å²) in [7, 11) is 0. The number of aromatic nitrogens is 1. The molecular formula is C26H29N3O. The second kappa shape index (κ2) is 8.68. The van der Waals surface area contributed by atoms with Crippen molar-refractivity contribution in [2.75, 3.05) is 19.6 Å². The molecule has 2 atom stereocenters. The predicted molar refractivity (Wildman–Crippen MR) is 120 cm³/mol. The Hall–Kier alpha value is -2.53. The molecule has 1 N–H and O–H groups in total. The van der Waals surface area contributed by atoms with Crippen LogP contribution >= 0.6 is 0 Å². The first-order chi connectivity index (χ1) is 14.8. The summed E-state index contributed by atoms with van der Waals surface area (Å²) in [5.41, 5.74) is 6.10. The third-order valence-electron chi connectivity index (χ3n) is 6.52. The normalized spacial score (nSPS) is 22.6. The summed E-state index contributed by atoms with van der Waals surface area (Å²) in [6.45, 7) is 4.49. The van der Waals surface area contributed by atoms with Crippen LogP contribution in [0.4, 0.5) is 0 Å². The first-order valence-electron chi connectivity index (χ1n) is 11.0. The Morgan fingerprint density at radius 2 is 1.67 bits per heavy atom. The maximum atomic E-state index is 10.9. The number of nitrogens with zero attached hydrogens (tertiary/aromatic N) is 3. The average molecular weight is 400 g/mol. The number of β-amino-alcohol motifs (C(OH)–C–C–N with tert-alkyl or cyclic N) is 1. The fourth-order valence-electron chi connectivity index (χ4n) is 4.92. The summed E-state index contributed by atoms with van der Waals surface area (Å²) >= 11 is 0. The largest absolute Gasteiger partial charge is 0.390 e. The van der Waals surface area contributed by atoms with Crippen molar-refractivity contribution in [3.63, 3.8) is 0 Å². The summed E-state index contributed by atoms with van der Waals surface area (Å²) in [5, 5.41) is 10.9. The monoisotopic (exact) mass is 399 g/mol. The van der Waals surface area contributed by atoms with Gasteiger partial charge in [0.15, 0.2) is 0 Å². The van der Waals surface area contributed by atoms with E-state index >= 15 is 0 Å². The summed E-state index contributed by atoms with van der Waals surface area (Å²) in [6.07, 6.45) is 1.77. The number of aliphatic hydroxyl groups is 1. The van der Waals surface area contributed by atoms with Gasteiger partial charge in [-0.3, -0.25) is 14.8 Å². The van der Waals surface area contributed by atoms with E-state index in [0.29, 0.717) is 6.54 Å². The average Bonchev–Trinajstić information content (AvgIpc) is 2.80. The Morgan fingerprint density at radius 1 is 0.867 bits per heavy atom. The zero-order valence-corrected chi connectivity index (χ0v) is 17.3. The van der Waals surface area contributed by atoms with Gasteiger partial charge in [-0.25, -0.2) is 0 Å². The highest BCUT2D eigenvalue weighted by molar-refractivity contribution is 5.58. The molecule has 154 valence electrons. The highest BCUT2D eigenvalue weighted by atomic mass is 16.3. The van der Waals surface area contributed by atoms with Gasteiger partial charge in [-0.15, -0.1) is 0 Å². The molecule has 1 saturated heterocycles. The molecule has 3 aromatic rings. The quantitative estimate of drug-likeness (QED) is 0.725. The number of hydrogen-bond acceptors (Lipinski definition) is 4. The Balaban J connectivity index is 1.22. The molecule has 1 fully saturated rings. The van der Waals surface area contributed by atoms with E-state index in [1.54, 1.807) is 0 Å². The summed E-state index contributed by atoms with van der Waals surface area (Å²) in [4.78, 5) is 9.69. The number of pyridine rings is 1. The minimum absolute atomic E-state index is 0.248. The van der Waals surface area contributed by atoms with Crippen molar-refractivity contribution in [3.8, 4) is 11.3 Å². The van der Waals surface area contributed by atoms with E-state index in [4.69, 9.17) is 4.98 Å². The molecule has 4 heteroatoms. The Morgan fingerprint density at radius 3 is 2.50 bits per heavy atom. The lowest BCUT2D eigenvalue weighted by Gasteiger charge is -2.43. The molecule has 2 aliphatic rings. The lowest BCUT2D eigenvalue weighted by atomic mass is 9.94. The number of piperidine rings is 1. The molecule has 5 rings (SSSR count). The number of benzene rings is 2. The molecule has 3 heterocycles. The van der Waals surface area contributed by atoms with Crippen molar-refractivity contribution in [2.24, 2.45) is 0 Å². The first kappa shape index (κ1) is 19.4. The summed E-state index contributed by atoms with van der Waals surface area (Å²) in [6, 6.07) is 25.5. The number of hydrogen-bond donors (Lipinski definition) is 1. The summed E-state index contributed by atoms with van der Waals surface area (Å²) < 4.78 is 0. The lowest BCUT2D eigenvalue weighted by Crippen LogP contribution is -2.54. The molecule has 0 bridgehead atoms. The SMILES string of the molecule is O[C@H]1CN(Cc2cccc(-c3ccccc3)n2)CC[C@@H]1N1CCc2ccccc2C1. The molecule has 0 radical (unpaired) electrons. The Bertz CT molecular complexity index is 990. The molecule has 1 aromatic heterocycles. The van der Waals surface area contributed by atoms with Crippen molar-refractivity contribution < 1.29 is 5.11 Å². The van der Waals surface area contributed by atoms with Crippen molar-refractivity contribution in [3.05, 3.63) is 89.6 Å². The minimum atomic E-state index is -0.318. The topological polar surface area (TPSA) is 39.6 Å². The van der Waals surface area contributed by atoms with Crippen LogP contribution < -0.4 is 0 Å². The zero-order valence-electron chi connectivity index (χ0n) is 17.3. The second-order valence-electron chi connectivity index (χ2n) is 8.53. The number of likely N-dealkylation sites (tertiary alicyclic amines) is 1. The van der Waals surface area contributed by atoms with Gasteiger partial charge in [0.05, 0.1) is 17.5 Å². The lowest BCUT2D eigenvalue weighted by molar-refractivity contribution is -0.0207. The molecule has 0 amide bonds. The summed E-state index contributed by atoms with van der Waals surface area (Å²) in [5.74, 6) is 0. The molecule has 0 unspecified atom stereocenters. The highest BCUT2D eigenvalue weighted by Crippen LogP contribution is 2.26. The van der Waals surface area contributed by atoms with Crippen LogP contribution in [0.1, 0.15) is 23.2 Å². The minimum Gasteiger partial charge on any atom is -0.390 e. The van der Waals surface area contributed by atoms with E-state index in [1.807, 2.05) is 18.2 Å². The van der Waals surface area contributed by atoms with Gasteiger partial charge in [0.25, 0.3) is 0 Å². The Kier molecular flexibility index (Phi) is 5.63. The number of rotatable bonds is 4. The molecular weight excluding hydrogens is 370 g/mol. The van der Waals surface area contributed by atoms with Crippen LogP contribution in [-0.2, 0) is 19.5 Å². The maximum absolute atomic E-state index is 10.9. The van der Waals surface area contributed by atoms with Gasteiger partial charge in [-0.1, -0.05) is 60.7 Å². The zero-order chi connectivity index (χ0) is 20.3. The van der Waals surface area contributed by atoms with Gasteiger partial charge in [0.1, 0.15) is 0 Å². The van der Waals surface area contributed by atoms with E-state index in [0.717, 1.165) is 56.0 Å². The van der Waals surface area contributed by atoms with Crippen LogP contribution in [0.15, 0.2) is 72.8 Å². The molecule has 0 aliphatic carbocycles. The van der Waals surface area contributed by atoms with E-state index in [2.05, 4.69) is 64.4 Å². The maximum Gasteiger partial charge on any atom is 0.0822 e. The van der Waals surface area contributed by atoms with E-state index in [9.17, 15) is 5.11 Å². The van der Waals surface area contributed by atoms with Gasteiger partial charge >= 0.3 is 0 Å². The second-order valence-corrected chi connectivity index (χ2v) is 8.53. The van der Waals surface area contributed by atoms with Gasteiger partial charge in [-0.2, -0.15) is 0 Å². The van der Waals surface area contributed by atoms with Crippen LogP contribution in [0.3, 0.4) is 0 Å². The molecule has 30 heavy (non-hydrogen) atoms. The first-order valence-corrected chi connectivity index (χ1v) is 11.0. The van der Waals surface area contributed by atoms with Gasteiger partial charge < -0.3 is 5.11 Å². The van der Waals surface area contributed by atoms with Crippen molar-refractivity contribution >= 4 is 0 Å². The standard InChI is InChI=1S/C26H29N3O/c30-26-19-28(18-23-11-6-12-24(27-23)21-8-2-1-3-9-21)15-14-25(26)29-16-13-20-7-4-5-10-22(20)17-29/h1-12,25-26,30H,13-19H2/t25-,26-/m0/s1. The van der Waals surface area contributed by atoms with Gasteiger partial charge in [0.2, 0.25) is 0 Å². The van der Waals surface area contributed by atoms with E-state index in [-0.39, 0.29) is 12.1 Å². The van der Waals surface area contributed by atoms with Crippen LogP contribution in [0.2, 0.25) is 0 Å². The fraction of sp³-hybridized carbons (Fsp3) is 0.346. The highest BCUT2D eigenvalue weighted by Gasteiger charge is 2.33. The fourth-order valence-corrected chi connectivity index (χ4v) is 4.92. The Labute approximate surface area is 178 Å². The smallest absolute Gasteiger partial charge is 0.0822 e. The van der Waals surface area contributed by atoms with Crippen LogP contribution in [-0.4, -0.2) is 51.7 Å². The van der Waals surface area contributed by atoms with Crippen molar-refractivity contribution in [1.82, 2.24) is 14.8 Å². The molecule has 2 aromatic carbocycles. The number of aliphatic hydroxyl groups excluding tert-OH is 1. The third-order valence-corrected chi connectivity index (χ3v) is 6.52. The van der Waals surface area contributed by atoms with E-state index in [1.165, 1.54) is 11.1 Å². The van der Waals surface area contributed by atoms with Crippen LogP contribution in [0.25, 0.3) is 11.3 Å². The molecule has 0 saturated carbocycles. The third kappa shape index (κ3) is 4.17. The van der Waals surface area contributed by atoms with Crippen LogP contribution in [0.5, 0.6) is 0 Å². The number of fused-ring (bicyclic) bond motifs is 1. The van der Waals surface area contributed by atoms with E-state index < -0.39 is 0 Å².